The number of hydrogen-bond donors (Lipinski definition) is 1. The molecule has 0 aromatic carbocycles. The lowest BCUT2D eigenvalue weighted by Gasteiger charge is -2.18. The lowest BCUT2D eigenvalue weighted by atomic mass is 10.1. The van der Waals surface area contributed by atoms with Gasteiger partial charge in [-0.25, -0.2) is 4.98 Å². The molecule has 102 valence electrons. The van der Waals surface area contributed by atoms with Crippen LogP contribution in [0.3, 0.4) is 0 Å². The molecule has 2 nitrogen and oxygen atoms in total. The second-order valence-corrected chi connectivity index (χ2v) is 7.19. The predicted octanol–water partition coefficient (Wildman–Crippen LogP) is 5.36. The first-order valence-electron chi connectivity index (χ1n) is 6.25. The van der Waals surface area contributed by atoms with E-state index in [1.165, 1.54) is 9.75 Å². The van der Waals surface area contributed by atoms with Crippen molar-refractivity contribution < 1.29 is 0 Å². The van der Waals surface area contributed by atoms with Crippen LogP contribution in [-0.2, 0) is 6.42 Å². The Balaban J connectivity index is 1.80. The van der Waals surface area contributed by atoms with Crippen molar-refractivity contribution in [2.24, 2.45) is 0 Å². The van der Waals surface area contributed by atoms with Gasteiger partial charge in [0.25, 0.3) is 0 Å². The van der Waals surface area contributed by atoms with E-state index in [0.717, 1.165) is 16.7 Å². The molecular weight excluding hydrogens is 352 g/mol. The minimum Gasteiger partial charge on any atom is -0.376 e. The van der Waals surface area contributed by atoms with Crippen molar-refractivity contribution in [3.8, 4) is 0 Å². The lowest BCUT2D eigenvalue weighted by molar-refractivity contribution is 0.801. The van der Waals surface area contributed by atoms with Crippen LogP contribution in [0.25, 0.3) is 0 Å². The van der Waals surface area contributed by atoms with E-state index in [1.807, 2.05) is 18.3 Å². The molecule has 0 aliphatic carbocycles. The fraction of sp³-hybridized carbons (Fsp3) is 0.133. The van der Waals surface area contributed by atoms with E-state index in [0.29, 0.717) is 0 Å². The van der Waals surface area contributed by atoms with Crippen molar-refractivity contribution in [1.29, 1.82) is 0 Å². The summed E-state index contributed by atoms with van der Waals surface area (Å²) in [5.41, 5.74) is 1.04. The number of halogens is 1. The van der Waals surface area contributed by atoms with Crippen LogP contribution in [0.1, 0.15) is 15.8 Å². The van der Waals surface area contributed by atoms with Gasteiger partial charge in [-0.15, -0.1) is 22.7 Å². The largest absolute Gasteiger partial charge is 0.376 e. The summed E-state index contributed by atoms with van der Waals surface area (Å²) in [6.45, 7) is 0. The molecule has 0 saturated carbocycles. The Labute approximate surface area is 134 Å². The van der Waals surface area contributed by atoms with E-state index >= 15 is 0 Å². The zero-order chi connectivity index (χ0) is 13.8. The second-order valence-electron chi connectivity index (χ2n) is 4.37. The lowest BCUT2D eigenvalue weighted by Crippen LogP contribution is -2.12. The monoisotopic (exact) mass is 364 g/mol. The number of aromatic nitrogens is 1. The molecule has 20 heavy (non-hydrogen) atoms. The van der Waals surface area contributed by atoms with Crippen molar-refractivity contribution in [1.82, 2.24) is 4.98 Å². The summed E-state index contributed by atoms with van der Waals surface area (Å²) in [5.74, 6) is 0. The molecule has 1 atom stereocenters. The zero-order valence-corrected chi connectivity index (χ0v) is 13.8. The maximum Gasteiger partial charge on any atom is 0.106 e. The maximum atomic E-state index is 4.27. The highest BCUT2D eigenvalue weighted by Gasteiger charge is 2.14. The van der Waals surface area contributed by atoms with Gasteiger partial charge in [-0.05, 0) is 51.0 Å². The number of anilines is 1. The Morgan fingerprint density at radius 2 is 1.95 bits per heavy atom. The van der Waals surface area contributed by atoms with Crippen molar-refractivity contribution in [3.63, 3.8) is 0 Å². The van der Waals surface area contributed by atoms with Gasteiger partial charge < -0.3 is 5.32 Å². The van der Waals surface area contributed by atoms with Crippen molar-refractivity contribution in [2.75, 3.05) is 5.32 Å². The highest BCUT2D eigenvalue weighted by molar-refractivity contribution is 9.10. The van der Waals surface area contributed by atoms with Crippen LogP contribution >= 0.6 is 38.6 Å². The molecule has 3 heterocycles. The minimum atomic E-state index is 0.289. The number of hydrogen-bond acceptors (Lipinski definition) is 4. The van der Waals surface area contributed by atoms with Gasteiger partial charge >= 0.3 is 0 Å². The zero-order valence-electron chi connectivity index (χ0n) is 10.6. The Morgan fingerprint density at radius 3 is 2.60 bits per heavy atom. The van der Waals surface area contributed by atoms with Gasteiger partial charge in [-0.3, -0.25) is 0 Å². The summed E-state index contributed by atoms with van der Waals surface area (Å²) < 4.78 is 0.856. The van der Waals surface area contributed by atoms with Crippen LogP contribution in [0.2, 0.25) is 0 Å². The summed E-state index contributed by atoms with van der Waals surface area (Å²) >= 11 is 6.95. The molecule has 3 aromatic rings. The molecule has 0 spiro atoms. The molecule has 0 bridgehead atoms. The van der Waals surface area contributed by atoms with E-state index in [1.54, 1.807) is 22.7 Å². The summed E-state index contributed by atoms with van der Waals surface area (Å²) in [5, 5.41) is 7.83. The van der Waals surface area contributed by atoms with Gasteiger partial charge in [0.15, 0.2) is 0 Å². The summed E-state index contributed by atoms with van der Waals surface area (Å²) in [6, 6.07) is 12.9. The third-order valence-electron chi connectivity index (χ3n) is 2.94. The van der Waals surface area contributed by atoms with Crippen LogP contribution in [0.4, 0.5) is 5.69 Å². The minimum absolute atomic E-state index is 0.289. The molecule has 0 aliphatic rings. The van der Waals surface area contributed by atoms with Crippen LogP contribution < -0.4 is 5.32 Å². The van der Waals surface area contributed by atoms with Gasteiger partial charge in [0.2, 0.25) is 0 Å². The van der Waals surface area contributed by atoms with Crippen LogP contribution in [-0.4, -0.2) is 4.98 Å². The maximum absolute atomic E-state index is 4.27. The number of pyridine rings is 1. The SMILES string of the molecule is Brc1ccc(NC(Cc2cccs2)c2cccs2)cn1. The Bertz CT molecular complexity index is 633. The van der Waals surface area contributed by atoms with Crippen molar-refractivity contribution >= 4 is 44.3 Å². The van der Waals surface area contributed by atoms with E-state index in [-0.39, 0.29) is 6.04 Å². The molecule has 5 heteroatoms. The van der Waals surface area contributed by atoms with Gasteiger partial charge in [0.05, 0.1) is 17.9 Å². The molecule has 0 saturated heterocycles. The van der Waals surface area contributed by atoms with E-state index in [4.69, 9.17) is 0 Å². The number of thiophene rings is 2. The normalized spacial score (nSPS) is 12.2. The fourth-order valence-electron chi connectivity index (χ4n) is 2.00. The third-order valence-corrected chi connectivity index (χ3v) is 5.29. The summed E-state index contributed by atoms with van der Waals surface area (Å²) in [6.07, 6.45) is 2.85. The standard InChI is InChI=1S/C15H13BrN2S2/c16-15-6-5-11(10-17-15)18-13(14-4-2-8-20-14)9-12-3-1-7-19-12/h1-8,10,13,18H,9H2. The molecule has 0 radical (unpaired) electrons. The fourth-order valence-corrected chi connectivity index (χ4v) is 3.77. The van der Waals surface area contributed by atoms with Gasteiger partial charge in [-0.1, -0.05) is 12.1 Å². The first kappa shape index (κ1) is 13.8. The Kier molecular flexibility index (Phi) is 4.50. The number of nitrogens with zero attached hydrogens (tertiary/aromatic N) is 1. The number of nitrogens with one attached hydrogen (secondary N) is 1. The second kappa shape index (κ2) is 6.52. The van der Waals surface area contributed by atoms with E-state index in [9.17, 15) is 0 Å². The van der Waals surface area contributed by atoms with Crippen molar-refractivity contribution in [3.05, 3.63) is 67.7 Å². The molecule has 0 fully saturated rings. The first-order valence-corrected chi connectivity index (χ1v) is 8.80. The topological polar surface area (TPSA) is 24.9 Å². The van der Waals surface area contributed by atoms with E-state index in [2.05, 4.69) is 61.3 Å². The van der Waals surface area contributed by atoms with Gasteiger partial charge in [0, 0.05) is 16.2 Å². The summed E-state index contributed by atoms with van der Waals surface area (Å²) in [7, 11) is 0. The first-order chi connectivity index (χ1) is 9.81. The van der Waals surface area contributed by atoms with Gasteiger partial charge in [0.1, 0.15) is 4.60 Å². The third kappa shape index (κ3) is 3.48. The highest BCUT2D eigenvalue weighted by atomic mass is 79.9. The highest BCUT2D eigenvalue weighted by Crippen LogP contribution is 2.28. The smallest absolute Gasteiger partial charge is 0.106 e. The predicted molar refractivity (Wildman–Crippen MR) is 90.6 cm³/mol. The van der Waals surface area contributed by atoms with Gasteiger partial charge in [-0.2, -0.15) is 0 Å². The molecular formula is C15H13BrN2S2. The summed E-state index contributed by atoms with van der Waals surface area (Å²) in [4.78, 5) is 7.01. The average molecular weight is 365 g/mol. The molecule has 3 rings (SSSR count). The van der Waals surface area contributed by atoms with Crippen LogP contribution in [0.15, 0.2) is 58.0 Å². The van der Waals surface area contributed by atoms with Crippen LogP contribution in [0, 0.1) is 0 Å². The van der Waals surface area contributed by atoms with E-state index < -0.39 is 0 Å². The van der Waals surface area contributed by atoms with Crippen LogP contribution in [0.5, 0.6) is 0 Å². The quantitative estimate of drug-likeness (QED) is 0.616. The number of rotatable bonds is 5. The molecule has 0 amide bonds. The molecule has 1 unspecified atom stereocenters. The molecule has 1 N–H and O–H groups in total. The Hall–Kier alpha value is -1.17. The average Bonchev–Trinajstić information content (AvgIpc) is 3.12. The van der Waals surface area contributed by atoms with Crippen molar-refractivity contribution in [2.45, 2.75) is 12.5 Å². The Morgan fingerprint density at radius 1 is 1.10 bits per heavy atom. The molecule has 0 aliphatic heterocycles. The molecule has 3 aromatic heterocycles.